The fourth-order valence-corrected chi connectivity index (χ4v) is 1.12. The number of hydrogen-bond donors (Lipinski definition) is 0. The Balaban J connectivity index is 1.95. The fourth-order valence-electron chi connectivity index (χ4n) is 1.12. The molecular weight excluding hydrogens is 178 g/mol. The van der Waals surface area contributed by atoms with Gasteiger partial charge in [0.05, 0.1) is 0 Å². The molecular formula is C11H11NO2. The van der Waals surface area contributed by atoms with E-state index < -0.39 is 0 Å². The molecule has 0 saturated carbocycles. The lowest BCUT2D eigenvalue weighted by Gasteiger charge is -2.02. The van der Waals surface area contributed by atoms with Gasteiger partial charge in [0.25, 0.3) is 0 Å². The lowest BCUT2D eigenvalue weighted by Crippen LogP contribution is -1.93. The number of ether oxygens (including phenoxy) is 1. The lowest BCUT2D eigenvalue weighted by molar-refractivity contribution is 0.301. The summed E-state index contributed by atoms with van der Waals surface area (Å²) in [5.41, 5.74) is 2.38. The highest BCUT2D eigenvalue weighted by atomic mass is 16.5. The van der Waals surface area contributed by atoms with E-state index in [-0.39, 0.29) is 0 Å². The maximum atomic E-state index is 5.42. The quantitative estimate of drug-likeness (QED) is 0.744. The van der Waals surface area contributed by atoms with Gasteiger partial charge in [-0.1, -0.05) is 35.0 Å². The highest BCUT2D eigenvalue weighted by molar-refractivity contribution is 5.21. The van der Waals surface area contributed by atoms with Gasteiger partial charge in [0.1, 0.15) is 12.8 Å². The van der Waals surface area contributed by atoms with Crippen molar-refractivity contribution in [1.29, 1.82) is 0 Å². The Morgan fingerprint density at radius 2 is 2.07 bits per heavy atom. The molecule has 14 heavy (non-hydrogen) atoms. The van der Waals surface area contributed by atoms with Gasteiger partial charge in [0.2, 0.25) is 0 Å². The second-order valence-electron chi connectivity index (χ2n) is 3.13. The molecule has 0 bridgehead atoms. The molecule has 0 saturated heterocycles. The summed E-state index contributed by atoms with van der Waals surface area (Å²) in [6.45, 7) is 2.60. The van der Waals surface area contributed by atoms with Crippen molar-refractivity contribution in [3.8, 4) is 5.75 Å². The standard InChI is InChI=1S/C11H11NO2/c1-9-2-4-10(5-3-9)7-13-11-6-12-14-8-11/h2-6,8H,7H2,1H3. The van der Waals surface area contributed by atoms with Gasteiger partial charge < -0.3 is 9.26 Å². The summed E-state index contributed by atoms with van der Waals surface area (Å²) in [6, 6.07) is 8.21. The highest BCUT2D eigenvalue weighted by Gasteiger charge is 1.97. The maximum absolute atomic E-state index is 5.42. The number of nitrogens with zero attached hydrogens (tertiary/aromatic N) is 1. The molecule has 2 rings (SSSR count). The van der Waals surface area contributed by atoms with Crippen molar-refractivity contribution in [3.05, 3.63) is 47.9 Å². The molecule has 0 atom stereocenters. The van der Waals surface area contributed by atoms with Crippen LogP contribution in [0.25, 0.3) is 0 Å². The first-order valence-corrected chi connectivity index (χ1v) is 4.42. The molecule has 0 radical (unpaired) electrons. The van der Waals surface area contributed by atoms with Gasteiger partial charge >= 0.3 is 0 Å². The van der Waals surface area contributed by atoms with Crippen LogP contribution in [0.15, 0.2) is 41.2 Å². The van der Waals surface area contributed by atoms with Crippen molar-refractivity contribution in [2.45, 2.75) is 13.5 Å². The molecule has 0 aliphatic heterocycles. The molecule has 0 aliphatic carbocycles. The smallest absolute Gasteiger partial charge is 0.179 e. The van der Waals surface area contributed by atoms with Crippen LogP contribution in [0.4, 0.5) is 0 Å². The summed E-state index contributed by atoms with van der Waals surface area (Å²) < 4.78 is 10.1. The predicted octanol–water partition coefficient (Wildman–Crippen LogP) is 2.56. The van der Waals surface area contributed by atoms with E-state index in [0.29, 0.717) is 12.4 Å². The van der Waals surface area contributed by atoms with Crippen LogP contribution >= 0.6 is 0 Å². The summed E-state index contributed by atoms with van der Waals surface area (Å²) in [4.78, 5) is 0. The van der Waals surface area contributed by atoms with Crippen molar-refractivity contribution in [1.82, 2.24) is 5.16 Å². The Hall–Kier alpha value is -1.77. The minimum Gasteiger partial charge on any atom is -0.484 e. The highest BCUT2D eigenvalue weighted by Crippen LogP contribution is 2.11. The zero-order valence-electron chi connectivity index (χ0n) is 7.93. The van der Waals surface area contributed by atoms with Gasteiger partial charge in [-0.2, -0.15) is 0 Å². The summed E-state index contributed by atoms with van der Waals surface area (Å²) in [5.74, 6) is 0.658. The molecule has 0 amide bonds. The zero-order valence-corrected chi connectivity index (χ0v) is 7.93. The molecule has 0 fully saturated rings. The second kappa shape index (κ2) is 3.96. The molecule has 0 N–H and O–H groups in total. The first kappa shape index (κ1) is 8.81. The molecule has 1 heterocycles. The van der Waals surface area contributed by atoms with Gasteiger partial charge in [0, 0.05) is 0 Å². The molecule has 0 aliphatic rings. The van der Waals surface area contributed by atoms with E-state index in [9.17, 15) is 0 Å². The van der Waals surface area contributed by atoms with Gasteiger partial charge in [-0.15, -0.1) is 0 Å². The molecule has 72 valence electrons. The minimum atomic E-state index is 0.543. The van der Waals surface area contributed by atoms with Crippen LogP contribution in [0.2, 0.25) is 0 Å². The van der Waals surface area contributed by atoms with Gasteiger partial charge in [-0.25, -0.2) is 0 Å². The van der Waals surface area contributed by atoms with Crippen LogP contribution in [-0.2, 0) is 6.61 Å². The van der Waals surface area contributed by atoms with Gasteiger partial charge in [-0.05, 0) is 12.5 Å². The first-order chi connectivity index (χ1) is 6.84. The summed E-state index contributed by atoms with van der Waals surface area (Å²) >= 11 is 0. The Morgan fingerprint density at radius 1 is 1.29 bits per heavy atom. The average molecular weight is 189 g/mol. The third-order valence-electron chi connectivity index (χ3n) is 1.94. The molecule has 2 aromatic rings. The molecule has 1 aromatic carbocycles. The van der Waals surface area contributed by atoms with E-state index in [1.165, 1.54) is 11.8 Å². The molecule has 1 aromatic heterocycles. The van der Waals surface area contributed by atoms with Crippen LogP contribution in [0, 0.1) is 6.92 Å². The molecule has 3 heteroatoms. The van der Waals surface area contributed by atoms with Gasteiger partial charge in [0.15, 0.2) is 12.0 Å². The summed E-state index contributed by atoms with van der Waals surface area (Å²) in [6.07, 6.45) is 3.03. The third kappa shape index (κ3) is 2.13. The Labute approximate surface area is 82.3 Å². The van der Waals surface area contributed by atoms with Crippen molar-refractivity contribution in [2.24, 2.45) is 0 Å². The van der Waals surface area contributed by atoms with E-state index in [1.54, 1.807) is 6.20 Å². The van der Waals surface area contributed by atoms with Crippen molar-refractivity contribution < 1.29 is 9.26 Å². The Bertz CT molecular complexity index is 378. The van der Waals surface area contributed by atoms with E-state index in [0.717, 1.165) is 5.56 Å². The largest absolute Gasteiger partial charge is 0.484 e. The maximum Gasteiger partial charge on any atom is 0.179 e. The fraction of sp³-hybridized carbons (Fsp3) is 0.182. The van der Waals surface area contributed by atoms with Gasteiger partial charge in [-0.3, -0.25) is 0 Å². The SMILES string of the molecule is Cc1ccc(COc2cnoc2)cc1. The van der Waals surface area contributed by atoms with E-state index >= 15 is 0 Å². The normalized spacial score (nSPS) is 10.1. The topological polar surface area (TPSA) is 35.3 Å². The average Bonchev–Trinajstić information content (AvgIpc) is 2.70. The monoisotopic (exact) mass is 189 g/mol. The number of rotatable bonds is 3. The van der Waals surface area contributed by atoms with Crippen LogP contribution < -0.4 is 4.74 Å². The third-order valence-corrected chi connectivity index (χ3v) is 1.94. The number of hydrogen-bond acceptors (Lipinski definition) is 3. The van der Waals surface area contributed by atoms with E-state index in [4.69, 9.17) is 4.74 Å². The number of benzene rings is 1. The van der Waals surface area contributed by atoms with Crippen molar-refractivity contribution in [2.75, 3.05) is 0 Å². The number of aromatic nitrogens is 1. The van der Waals surface area contributed by atoms with Crippen molar-refractivity contribution >= 4 is 0 Å². The zero-order chi connectivity index (χ0) is 9.80. The summed E-state index contributed by atoms with van der Waals surface area (Å²) in [5, 5.41) is 3.55. The van der Waals surface area contributed by atoms with Crippen LogP contribution in [-0.4, -0.2) is 5.16 Å². The molecule has 3 nitrogen and oxygen atoms in total. The Morgan fingerprint density at radius 3 is 2.71 bits per heavy atom. The second-order valence-corrected chi connectivity index (χ2v) is 3.13. The summed E-state index contributed by atoms with van der Waals surface area (Å²) in [7, 11) is 0. The van der Waals surface area contributed by atoms with Crippen LogP contribution in [0.5, 0.6) is 5.75 Å². The number of aryl methyl sites for hydroxylation is 1. The minimum absolute atomic E-state index is 0.543. The van der Waals surface area contributed by atoms with Crippen LogP contribution in [0.3, 0.4) is 0 Å². The van der Waals surface area contributed by atoms with Crippen molar-refractivity contribution in [3.63, 3.8) is 0 Å². The first-order valence-electron chi connectivity index (χ1n) is 4.42. The molecule has 0 spiro atoms. The van der Waals surface area contributed by atoms with Crippen LogP contribution in [0.1, 0.15) is 11.1 Å². The van der Waals surface area contributed by atoms with E-state index in [1.807, 2.05) is 12.1 Å². The lowest BCUT2D eigenvalue weighted by atomic mass is 10.2. The Kier molecular flexibility index (Phi) is 2.49. The van der Waals surface area contributed by atoms with E-state index in [2.05, 4.69) is 28.7 Å². The molecule has 0 unspecified atom stereocenters. The predicted molar refractivity (Wildman–Crippen MR) is 52.0 cm³/mol.